The zero-order chi connectivity index (χ0) is 44.8. The summed E-state index contributed by atoms with van der Waals surface area (Å²) in [5.41, 5.74) is 3.71. The fourth-order valence-corrected chi connectivity index (χ4v) is 5.82. The Labute approximate surface area is 370 Å². The monoisotopic (exact) mass is 823 g/mol. The minimum atomic E-state index is 0.833. The Hall–Kier alpha value is -2.50. The van der Waals surface area contributed by atoms with E-state index in [-0.39, 0.29) is 0 Å². The van der Waals surface area contributed by atoms with E-state index < -0.39 is 0 Å². The summed E-state index contributed by atoms with van der Waals surface area (Å²) in [4.78, 5) is 6.25. The topological polar surface area (TPSA) is 54.0 Å². The standard InChI is InChI=1S/C7H14.C7H8.C6H7N.C6H12.C6H14.C5H11N.C5H12.C4H6N2.C4H8O.C4H10/c2*1-7-5-3-2-4-6-7;1-6-3-2-4-7-5-6;1-6-4-2-3-5-6;1-3-5-6-4-2;1-6-4-2-3-5-6;1-3-5-4-2;1-4-2-5-6-3-4;1-4-2-5-3-4;1-4(2)3/h7H,2-6H2,1H3;2-6H,1H3;2-5H,1H3;6H,2-5H2,1H3;3-6H2,1-2H3;2-5H2,1H3;3-5H2,1-2H3;2-3H,1H3,(H,5,6);4H,2-3H2,1H3;4H,1-3H3. The molecule has 5 heteroatoms. The second kappa shape index (κ2) is 48.2. The van der Waals surface area contributed by atoms with Crippen molar-refractivity contribution in [3.05, 3.63) is 83.9 Å². The number of H-pyrrole nitrogens is 1. The molecule has 7 rings (SSSR count). The summed E-state index contributed by atoms with van der Waals surface area (Å²) in [5.74, 6) is 3.76. The van der Waals surface area contributed by atoms with E-state index in [1.54, 1.807) is 12.4 Å². The number of benzene rings is 1. The average Bonchev–Trinajstić information content (AvgIpc) is 4.02. The Morgan fingerprint density at radius 1 is 0.593 bits per heavy atom. The molecule has 59 heavy (non-hydrogen) atoms. The van der Waals surface area contributed by atoms with Gasteiger partial charge in [-0.3, -0.25) is 10.1 Å². The highest BCUT2D eigenvalue weighted by Gasteiger charge is 2.10. The molecule has 1 aromatic carbocycles. The fourth-order valence-electron chi connectivity index (χ4n) is 5.82. The van der Waals surface area contributed by atoms with Gasteiger partial charge in [0.25, 0.3) is 0 Å². The lowest BCUT2D eigenvalue weighted by Crippen LogP contribution is -2.23. The second-order valence-corrected chi connectivity index (χ2v) is 18.0. The van der Waals surface area contributed by atoms with E-state index in [0.717, 1.165) is 36.9 Å². The lowest BCUT2D eigenvalue weighted by molar-refractivity contribution is -0.0221. The number of aryl methyl sites for hydroxylation is 3. The van der Waals surface area contributed by atoms with Gasteiger partial charge in [-0.1, -0.05) is 214 Å². The van der Waals surface area contributed by atoms with Gasteiger partial charge in [0.15, 0.2) is 0 Å². The number of ether oxygens (including phenoxy) is 1. The molecule has 2 saturated heterocycles. The number of nitrogens with one attached hydrogen (secondary N) is 1. The van der Waals surface area contributed by atoms with E-state index >= 15 is 0 Å². The number of aromatic amines is 1. The molecule has 0 spiro atoms. The predicted octanol–water partition coefficient (Wildman–Crippen LogP) is 16.7. The summed E-state index contributed by atoms with van der Waals surface area (Å²) in [6, 6.07) is 14.2. The normalized spacial score (nSPS) is 15.6. The van der Waals surface area contributed by atoms with Crippen molar-refractivity contribution >= 4 is 0 Å². The molecule has 2 aromatic heterocycles. The molecule has 4 aliphatic rings. The SMILES string of the molecule is CC(C)C.CC1CCCC1.CC1CCCCC1.CC1COC1.CCCCC.CCCCCC.CN1CCCC1.Cc1ccccc1.Cc1cccnc1.Cc1cn[nH]c1. The van der Waals surface area contributed by atoms with E-state index in [4.69, 9.17) is 4.74 Å². The molecule has 0 unspecified atom stereocenters. The van der Waals surface area contributed by atoms with E-state index in [0.29, 0.717) is 0 Å². The highest BCUT2D eigenvalue weighted by Crippen LogP contribution is 2.23. The van der Waals surface area contributed by atoms with Crippen molar-refractivity contribution < 1.29 is 4.74 Å². The van der Waals surface area contributed by atoms with Gasteiger partial charge < -0.3 is 9.64 Å². The first-order valence-corrected chi connectivity index (χ1v) is 24.4. The summed E-state index contributed by atoms with van der Waals surface area (Å²) >= 11 is 0. The number of unbranched alkanes of at least 4 members (excludes halogenated alkanes) is 5. The number of nitrogens with zero attached hydrogens (tertiary/aromatic N) is 3. The molecular weight excluding hydrogens is 721 g/mol. The zero-order valence-electron chi connectivity index (χ0n) is 42.0. The Morgan fingerprint density at radius 2 is 1.03 bits per heavy atom. The molecule has 2 saturated carbocycles. The lowest BCUT2D eigenvalue weighted by atomic mass is 9.91. The molecule has 2 aliphatic carbocycles. The fraction of sp³-hybridized carbons (Fsp3) is 0.741. The average molecular weight is 823 g/mol. The molecule has 1 N–H and O–H groups in total. The van der Waals surface area contributed by atoms with Crippen LogP contribution in [0.25, 0.3) is 0 Å². The van der Waals surface area contributed by atoms with Gasteiger partial charge in [0, 0.05) is 24.5 Å². The van der Waals surface area contributed by atoms with Crippen molar-refractivity contribution in [1.82, 2.24) is 20.1 Å². The van der Waals surface area contributed by atoms with Crippen LogP contribution in [0.4, 0.5) is 0 Å². The Bertz CT molecular complexity index is 1060. The number of pyridine rings is 1. The molecule has 2 aliphatic heterocycles. The van der Waals surface area contributed by atoms with Crippen molar-refractivity contribution in [2.45, 2.75) is 206 Å². The van der Waals surface area contributed by atoms with Crippen LogP contribution in [-0.2, 0) is 4.74 Å². The van der Waals surface area contributed by atoms with Gasteiger partial charge in [-0.15, -0.1) is 0 Å². The second-order valence-electron chi connectivity index (χ2n) is 18.0. The molecule has 5 nitrogen and oxygen atoms in total. The Morgan fingerprint density at radius 3 is 1.19 bits per heavy atom. The maximum absolute atomic E-state index is 4.83. The lowest BCUT2D eigenvalue weighted by Gasteiger charge is -2.20. The van der Waals surface area contributed by atoms with Crippen LogP contribution in [0.2, 0.25) is 0 Å². The van der Waals surface area contributed by atoms with Crippen LogP contribution in [0.5, 0.6) is 0 Å². The van der Waals surface area contributed by atoms with E-state index in [1.165, 1.54) is 145 Å². The molecular formula is C54H102N4O. The maximum atomic E-state index is 4.83. The minimum Gasteiger partial charge on any atom is -0.381 e. The van der Waals surface area contributed by atoms with Crippen LogP contribution < -0.4 is 0 Å². The summed E-state index contributed by atoms with van der Waals surface area (Å²) < 4.78 is 4.83. The van der Waals surface area contributed by atoms with Gasteiger partial charge in [0.2, 0.25) is 0 Å². The number of likely N-dealkylation sites (tertiary alicyclic amines) is 1. The summed E-state index contributed by atoms with van der Waals surface area (Å²) in [6.07, 6.45) is 33.1. The highest BCUT2D eigenvalue weighted by atomic mass is 16.5. The molecule has 0 radical (unpaired) electrons. The maximum Gasteiger partial charge on any atom is 0.0516 e. The van der Waals surface area contributed by atoms with Crippen molar-refractivity contribution in [3.8, 4) is 0 Å². The van der Waals surface area contributed by atoms with Gasteiger partial charge >= 0.3 is 0 Å². The van der Waals surface area contributed by atoms with Crippen LogP contribution in [0.1, 0.15) is 202 Å². The third-order valence-corrected chi connectivity index (χ3v) is 9.72. The quantitative estimate of drug-likeness (QED) is 0.261. The molecule has 3 aromatic rings. The van der Waals surface area contributed by atoms with Gasteiger partial charge in [0.1, 0.15) is 0 Å². The number of hydrogen-bond donors (Lipinski definition) is 1. The Balaban J connectivity index is -0.000000593. The van der Waals surface area contributed by atoms with E-state index in [1.807, 2.05) is 56.6 Å². The van der Waals surface area contributed by atoms with Gasteiger partial charge in [0.05, 0.1) is 19.4 Å². The van der Waals surface area contributed by atoms with Gasteiger partial charge in [-0.2, -0.15) is 5.10 Å². The predicted molar refractivity (Wildman–Crippen MR) is 266 cm³/mol. The van der Waals surface area contributed by atoms with E-state index in [9.17, 15) is 0 Å². The molecule has 4 heterocycles. The third kappa shape index (κ3) is 55.5. The minimum absolute atomic E-state index is 0.833. The first-order chi connectivity index (χ1) is 28.3. The summed E-state index contributed by atoms with van der Waals surface area (Å²) in [7, 11) is 2.17. The van der Waals surface area contributed by atoms with Gasteiger partial charge in [-0.05, 0) is 88.7 Å². The number of aromatic nitrogens is 3. The van der Waals surface area contributed by atoms with Crippen LogP contribution in [0.3, 0.4) is 0 Å². The smallest absolute Gasteiger partial charge is 0.0516 e. The summed E-state index contributed by atoms with van der Waals surface area (Å²) in [5, 5.41) is 6.38. The van der Waals surface area contributed by atoms with Crippen molar-refractivity contribution in [3.63, 3.8) is 0 Å². The van der Waals surface area contributed by atoms with Crippen molar-refractivity contribution in [2.75, 3.05) is 33.4 Å². The zero-order valence-corrected chi connectivity index (χ0v) is 42.0. The van der Waals surface area contributed by atoms with E-state index in [2.05, 4.69) is 115 Å². The van der Waals surface area contributed by atoms with Gasteiger partial charge in [-0.25, -0.2) is 0 Å². The third-order valence-electron chi connectivity index (χ3n) is 9.72. The first kappa shape index (κ1) is 60.8. The largest absolute Gasteiger partial charge is 0.381 e. The number of hydrogen-bond acceptors (Lipinski definition) is 4. The van der Waals surface area contributed by atoms with Crippen molar-refractivity contribution in [1.29, 1.82) is 0 Å². The van der Waals surface area contributed by atoms with Crippen LogP contribution in [0.15, 0.2) is 67.3 Å². The molecule has 344 valence electrons. The van der Waals surface area contributed by atoms with Crippen LogP contribution in [-0.4, -0.2) is 53.4 Å². The molecule has 4 fully saturated rings. The first-order valence-electron chi connectivity index (χ1n) is 24.4. The molecule has 0 atom stereocenters. The summed E-state index contributed by atoms with van der Waals surface area (Å²) in [6.45, 7) is 33.0. The van der Waals surface area contributed by atoms with Crippen LogP contribution >= 0.6 is 0 Å². The number of rotatable bonds is 5. The molecule has 0 amide bonds. The Kier molecular flexibility index (Phi) is 49.6. The highest BCUT2D eigenvalue weighted by molar-refractivity contribution is 5.11. The van der Waals surface area contributed by atoms with Crippen LogP contribution in [0, 0.1) is 44.4 Å². The molecule has 0 bridgehead atoms. The van der Waals surface area contributed by atoms with Crippen molar-refractivity contribution in [2.24, 2.45) is 23.7 Å².